The van der Waals surface area contributed by atoms with Crippen LogP contribution in [0.5, 0.6) is 0 Å². The van der Waals surface area contributed by atoms with Crippen molar-refractivity contribution in [3.8, 4) is 0 Å². The van der Waals surface area contributed by atoms with Crippen molar-refractivity contribution in [2.75, 3.05) is 39.9 Å². The van der Waals surface area contributed by atoms with Gasteiger partial charge in [0.2, 0.25) is 0 Å². The van der Waals surface area contributed by atoms with Crippen LogP contribution in [0.25, 0.3) is 0 Å². The Hall–Kier alpha value is -0.340. The van der Waals surface area contributed by atoms with E-state index in [0.717, 1.165) is 51.6 Å². The third-order valence-electron chi connectivity index (χ3n) is 5.18. The van der Waals surface area contributed by atoms with Crippen LogP contribution in [0.3, 0.4) is 0 Å². The zero-order valence-electron chi connectivity index (χ0n) is 16.6. The lowest BCUT2D eigenvalue weighted by atomic mass is 9.83. The van der Waals surface area contributed by atoms with Crippen molar-refractivity contribution in [3.63, 3.8) is 0 Å². The molecule has 0 aliphatic heterocycles. The molecule has 0 spiro atoms. The first-order valence-corrected chi connectivity index (χ1v) is 10.7. The van der Waals surface area contributed by atoms with Gasteiger partial charge in [-0.05, 0) is 56.4 Å². The minimum atomic E-state index is 0. The number of guanidine groups is 1. The second kappa shape index (κ2) is 12.9. The quantitative estimate of drug-likeness (QED) is 0.220. The lowest BCUT2D eigenvalue weighted by molar-refractivity contribution is 0.107. The zero-order valence-corrected chi connectivity index (χ0v) is 19.8. The van der Waals surface area contributed by atoms with Gasteiger partial charge >= 0.3 is 0 Å². The minimum Gasteiger partial charge on any atom is -0.382 e. The standard InChI is InChI=1S/C20H35N3OS.HI/c1-4-21-19(23(3)14-10-18-9-8-16-25-18)22-17-20(11-6-7-12-20)13-15-24-5-2;/h8-9,16H,4-7,10-15,17H2,1-3H3,(H,21,22);1H. The van der Waals surface area contributed by atoms with Crippen molar-refractivity contribution in [2.45, 2.75) is 52.4 Å². The molecule has 0 aromatic carbocycles. The normalized spacial score (nSPS) is 16.3. The number of nitrogens with zero attached hydrogens (tertiary/aromatic N) is 2. The van der Waals surface area contributed by atoms with Gasteiger partial charge in [-0.1, -0.05) is 18.9 Å². The van der Waals surface area contributed by atoms with Gasteiger partial charge in [-0.3, -0.25) is 4.99 Å². The van der Waals surface area contributed by atoms with Crippen LogP contribution in [0.4, 0.5) is 0 Å². The van der Waals surface area contributed by atoms with E-state index in [0.29, 0.717) is 5.41 Å². The lowest BCUT2D eigenvalue weighted by Crippen LogP contribution is -2.40. The fraction of sp³-hybridized carbons (Fsp3) is 0.750. The minimum absolute atomic E-state index is 0. The summed E-state index contributed by atoms with van der Waals surface area (Å²) in [5, 5.41) is 5.62. The van der Waals surface area contributed by atoms with Crippen LogP contribution in [0, 0.1) is 5.41 Å². The number of nitrogens with one attached hydrogen (secondary N) is 1. The van der Waals surface area contributed by atoms with Crippen molar-refractivity contribution in [1.82, 2.24) is 10.2 Å². The van der Waals surface area contributed by atoms with Gasteiger partial charge < -0.3 is 15.0 Å². The van der Waals surface area contributed by atoms with Gasteiger partial charge in [0, 0.05) is 44.8 Å². The van der Waals surface area contributed by atoms with E-state index < -0.39 is 0 Å². The molecule has 1 heterocycles. The van der Waals surface area contributed by atoms with E-state index in [4.69, 9.17) is 9.73 Å². The molecule has 0 amide bonds. The molecule has 6 heteroatoms. The number of aliphatic imine (C=N–C) groups is 1. The van der Waals surface area contributed by atoms with Crippen molar-refractivity contribution >= 4 is 41.3 Å². The second-order valence-electron chi connectivity index (χ2n) is 7.08. The zero-order chi connectivity index (χ0) is 18.0. The molecule has 1 fully saturated rings. The van der Waals surface area contributed by atoms with Crippen molar-refractivity contribution in [1.29, 1.82) is 0 Å². The molecule has 1 aromatic rings. The number of hydrogen-bond acceptors (Lipinski definition) is 3. The molecular formula is C20H36IN3OS. The van der Waals surface area contributed by atoms with Crippen molar-refractivity contribution in [2.24, 2.45) is 10.4 Å². The molecule has 0 radical (unpaired) electrons. The molecule has 1 aromatic heterocycles. The van der Waals surface area contributed by atoms with E-state index in [1.807, 2.05) is 11.3 Å². The smallest absolute Gasteiger partial charge is 0.193 e. The molecule has 0 atom stereocenters. The molecule has 2 rings (SSSR count). The van der Waals surface area contributed by atoms with Gasteiger partial charge in [-0.25, -0.2) is 0 Å². The Morgan fingerprint density at radius 2 is 2.12 bits per heavy atom. The molecule has 1 saturated carbocycles. The Bertz CT molecular complexity index is 501. The van der Waals surface area contributed by atoms with Gasteiger partial charge in [0.15, 0.2) is 5.96 Å². The molecule has 0 unspecified atom stereocenters. The van der Waals surface area contributed by atoms with E-state index >= 15 is 0 Å². The third kappa shape index (κ3) is 7.72. The van der Waals surface area contributed by atoms with E-state index in [-0.39, 0.29) is 24.0 Å². The lowest BCUT2D eigenvalue weighted by Gasteiger charge is -2.29. The van der Waals surface area contributed by atoms with Crippen molar-refractivity contribution in [3.05, 3.63) is 22.4 Å². The SMILES string of the molecule is CCNC(=NCC1(CCOCC)CCCC1)N(C)CCc1cccs1.I. The number of likely N-dealkylation sites (N-methyl/N-ethyl adjacent to an activating group) is 1. The number of ether oxygens (including phenoxy) is 1. The summed E-state index contributed by atoms with van der Waals surface area (Å²) in [6, 6.07) is 4.34. The first kappa shape index (κ1) is 23.7. The predicted molar refractivity (Wildman–Crippen MR) is 124 cm³/mol. The molecule has 26 heavy (non-hydrogen) atoms. The van der Waals surface area contributed by atoms with E-state index in [2.05, 4.69) is 48.6 Å². The molecule has 1 aliphatic carbocycles. The third-order valence-corrected chi connectivity index (χ3v) is 6.12. The number of rotatable bonds is 10. The maximum Gasteiger partial charge on any atom is 0.193 e. The highest BCUT2D eigenvalue weighted by Crippen LogP contribution is 2.41. The van der Waals surface area contributed by atoms with Crippen LogP contribution in [0.2, 0.25) is 0 Å². The largest absolute Gasteiger partial charge is 0.382 e. The summed E-state index contributed by atoms with van der Waals surface area (Å²) in [6.45, 7) is 8.73. The molecular weight excluding hydrogens is 457 g/mol. The summed E-state index contributed by atoms with van der Waals surface area (Å²) in [6.07, 6.45) is 7.49. The van der Waals surface area contributed by atoms with E-state index in [1.165, 1.54) is 30.6 Å². The number of halogens is 1. The van der Waals surface area contributed by atoms with Gasteiger partial charge in [0.1, 0.15) is 0 Å². The van der Waals surface area contributed by atoms with Crippen LogP contribution >= 0.6 is 35.3 Å². The highest BCUT2D eigenvalue weighted by Gasteiger charge is 2.33. The topological polar surface area (TPSA) is 36.9 Å². The molecule has 0 bridgehead atoms. The Balaban J connectivity index is 0.00000338. The highest BCUT2D eigenvalue weighted by atomic mass is 127. The molecule has 0 saturated heterocycles. The van der Waals surface area contributed by atoms with Crippen LogP contribution in [0.1, 0.15) is 50.8 Å². The molecule has 150 valence electrons. The first-order valence-electron chi connectivity index (χ1n) is 9.78. The molecule has 4 nitrogen and oxygen atoms in total. The average Bonchev–Trinajstić information content (AvgIpc) is 3.29. The van der Waals surface area contributed by atoms with Gasteiger partial charge in [0.05, 0.1) is 0 Å². The number of thiophene rings is 1. The van der Waals surface area contributed by atoms with Gasteiger partial charge in [-0.2, -0.15) is 0 Å². The summed E-state index contributed by atoms with van der Waals surface area (Å²) >= 11 is 1.83. The summed E-state index contributed by atoms with van der Waals surface area (Å²) in [5.74, 6) is 1.04. The van der Waals surface area contributed by atoms with Gasteiger partial charge in [-0.15, -0.1) is 35.3 Å². The van der Waals surface area contributed by atoms with Crippen LogP contribution < -0.4 is 5.32 Å². The van der Waals surface area contributed by atoms with Crippen molar-refractivity contribution < 1.29 is 4.74 Å². The molecule has 1 N–H and O–H groups in total. The Morgan fingerprint density at radius 3 is 2.73 bits per heavy atom. The Labute approximate surface area is 180 Å². The van der Waals surface area contributed by atoms with E-state index in [9.17, 15) is 0 Å². The first-order chi connectivity index (χ1) is 12.2. The summed E-state index contributed by atoms with van der Waals surface area (Å²) < 4.78 is 5.63. The Morgan fingerprint density at radius 1 is 1.35 bits per heavy atom. The van der Waals surface area contributed by atoms with Gasteiger partial charge in [0.25, 0.3) is 0 Å². The summed E-state index contributed by atoms with van der Waals surface area (Å²) in [4.78, 5) is 8.73. The fourth-order valence-corrected chi connectivity index (χ4v) is 4.29. The summed E-state index contributed by atoms with van der Waals surface area (Å²) in [7, 11) is 2.15. The maximum atomic E-state index is 5.63. The Kier molecular flexibility index (Phi) is 11.8. The van der Waals surface area contributed by atoms with Crippen LogP contribution in [0.15, 0.2) is 22.5 Å². The predicted octanol–water partition coefficient (Wildman–Crippen LogP) is 4.79. The fourth-order valence-electron chi connectivity index (χ4n) is 3.60. The second-order valence-corrected chi connectivity index (χ2v) is 8.11. The van der Waals surface area contributed by atoms with E-state index in [1.54, 1.807) is 0 Å². The highest BCUT2D eigenvalue weighted by molar-refractivity contribution is 14.0. The maximum absolute atomic E-state index is 5.63. The average molecular weight is 493 g/mol. The summed E-state index contributed by atoms with van der Waals surface area (Å²) in [5.41, 5.74) is 0.352. The van der Waals surface area contributed by atoms with Crippen LogP contribution in [-0.2, 0) is 11.2 Å². The molecule has 1 aliphatic rings. The van der Waals surface area contributed by atoms with Crippen LogP contribution in [-0.4, -0.2) is 50.8 Å². The monoisotopic (exact) mass is 493 g/mol. The number of hydrogen-bond donors (Lipinski definition) is 1.